The van der Waals surface area contributed by atoms with E-state index in [1.165, 1.54) is 9.58 Å². The van der Waals surface area contributed by atoms with Gasteiger partial charge in [0.15, 0.2) is 5.69 Å². The number of likely N-dealkylation sites (tertiary alicyclic amines) is 1. The molecule has 2 fully saturated rings. The maximum absolute atomic E-state index is 14.5. The summed E-state index contributed by atoms with van der Waals surface area (Å²) in [5, 5.41) is 30.1. The van der Waals surface area contributed by atoms with Gasteiger partial charge >= 0.3 is 0 Å². The van der Waals surface area contributed by atoms with E-state index in [-0.39, 0.29) is 31.1 Å². The SMILES string of the molecule is CC1CC1c1cc(NC(O)C2CC(F)CN2C(=O)Cn2nc(C(N)=O)c3cc(-c4ccnnc4)ccc32)on1. The van der Waals surface area contributed by atoms with Crippen LogP contribution in [0.1, 0.15) is 41.9 Å². The zero-order valence-corrected chi connectivity index (χ0v) is 21.1. The van der Waals surface area contributed by atoms with E-state index in [1.54, 1.807) is 36.7 Å². The Morgan fingerprint density at radius 3 is 2.77 bits per heavy atom. The number of nitrogens with two attached hydrogens (primary N) is 1. The monoisotopic (exact) mass is 534 g/mol. The first-order chi connectivity index (χ1) is 18.8. The summed E-state index contributed by atoms with van der Waals surface area (Å²) in [6, 6.07) is 7.95. The molecule has 5 unspecified atom stereocenters. The fourth-order valence-electron chi connectivity index (χ4n) is 5.25. The average molecular weight is 535 g/mol. The lowest BCUT2D eigenvalue weighted by molar-refractivity contribution is -0.134. The van der Waals surface area contributed by atoms with E-state index in [0.29, 0.717) is 22.7 Å². The van der Waals surface area contributed by atoms with Crippen molar-refractivity contribution in [3.63, 3.8) is 0 Å². The van der Waals surface area contributed by atoms with Gasteiger partial charge in [-0.1, -0.05) is 18.1 Å². The number of carbonyl (C=O) groups excluding carboxylic acids is 2. The molecule has 5 atom stereocenters. The van der Waals surface area contributed by atoms with Crippen molar-refractivity contribution in [3.05, 3.63) is 54.1 Å². The molecule has 4 heterocycles. The Hall–Kier alpha value is -4.39. The Morgan fingerprint density at radius 2 is 2.05 bits per heavy atom. The number of hydrogen-bond donors (Lipinski definition) is 3. The number of halogens is 1. The number of aromatic nitrogens is 5. The van der Waals surface area contributed by atoms with Crippen LogP contribution in [0.15, 0.2) is 47.2 Å². The summed E-state index contributed by atoms with van der Waals surface area (Å²) in [5.74, 6) is -0.0704. The average Bonchev–Trinajstić information content (AvgIpc) is 3.26. The maximum Gasteiger partial charge on any atom is 0.269 e. The van der Waals surface area contributed by atoms with Crippen LogP contribution in [0.5, 0.6) is 0 Å². The Balaban J connectivity index is 1.22. The molecule has 4 N–H and O–H groups in total. The Kier molecular flexibility index (Phi) is 6.22. The molecule has 1 saturated heterocycles. The van der Waals surface area contributed by atoms with Crippen LogP contribution in [0.2, 0.25) is 0 Å². The number of amides is 2. The predicted molar refractivity (Wildman–Crippen MR) is 137 cm³/mol. The highest BCUT2D eigenvalue weighted by atomic mass is 19.1. The summed E-state index contributed by atoms with van der Waals surface area (Å²) in [6.07, 6.45) is 1.55. The smallest absolute Gasteiger partial charge is 0.269 e. The van der Waals surface area contributed by atoms with Crippen LogP contribution < -0.4 is 11.1 Å². The number of hydrogen-bond acceptors (Lipinski definition) is 9. The van der Waals surface area contributed by atoms with E-state index >= 15 is 0 Å². The first-order valence-electron chi connectivity index (χ1n) is 12.7. The lowest BCUT2D eigenvalue weighted by atomic mass is 10.0. The first-order valence-corrected chi connectivity index (χ1v) is 12.7. The van der Waals surface area contributed by atoms with E-state index in [2.05, 4.69) is 32.7 Å². The van der Waals surface area contributed by atoms with Crippen molar-refractivity contribution in [3.8, 4) is 11.1 Å². The molecule has 13 heteroatoms. The number of primary amides is 1. The predicted octanol–water partition coefficient (Wildman–Crippen LogP) is 2.07. The number of anilines is 1. The highest BCUT2D eigenvalue weighted by Gasteiger charge is 2.41. The van der Waals surface area contributed by atoms with Gasteiger partial charge in [-0.3, -0.25) is 14.3 Å². The molecule has 4 aromatic rings. The summed E-state index contributed by atoms with van der Waals surface area (Å²) in [7, 11) is 0. The largest absolute Gasteiger partial charge is 0.372 e. The quantitative estimate of drug-likeness (QED) is 0.287. The topological polar surface area (TPSA) is 165 Å². The number of aliphatic hydroxyl groups excluding tert-OH is 1. The van der Waals surface area contributed by atoms with Crippen LogP contribution in [0.4, 0.5) is 10.3 Å². The minimum Gasteiger partial charge on any atom is -0.372 e. The first kappa shape index (κ1) is 24.9. The van der Waals surface area contributed by atoms with Gasteiger partial charge in [0, 0.05) is 29.4 Å². The second-order valence-corrected chi connectivity index (χ2v) is 10.2. The second kappa shape index (κ2) is 9.73. The van der Waals surface area contributed by atoms with Gasteiger partial charge in [0.05, 0.1) is 36.2 Å². The normalized spacial score (nSPS) is 23.2. The molecule has 12 nitrogen and oxygen atoms in total. The standard InChI is InChI=1S/C26H27FN8O4/c1-13-6-17(13)19-9-22(39-33-19)31-26(38)21-8-16(27)11-34(21)23(36)12-35-20-3-2-14(15-4-5-29-30-10-15)7-18(20)24(32-35)25(28)37/h2-5,7,9-10,13,16-17,21,26,31,38H,6,8,11-12H2,1H3,(H2,28,37). The van der Waals surface area contributed by atoms with Crippen molar-refractivity contribution < 1.29 is 23.6 Å². The van der Waals surface area contributed by atoms with Crippen LogP contribution in [0.25, 0.3) is 22.0 Å². The summed E-state index contributed by atoms with van der Waals surface area (Å²) in [6.45, 7) is 1.67. The van der Waals surface area contributed by atoms with Crippen LogP contribution in [0, 0.1) is 5.92 Å². The van der Waals surface area contributed by atoms with Crippen LogP contribution >= 0.6 is 0 Å². The van der Waals surface area contributed by atoms with Crippen molar-refractivity contribution in [2.45, 2.75) is 50.7 Å². The molecule has 2 aliphatic rings. The fraction of sp³-hybridized carbons (Fsp3) is 0.385. The fourth-order valence-corrected chi connectivity index (χ4v) is 5.25. The Morgan fingerprint density at radius 1 is 1.23 bits per heavy atom. The molecule has 1 aliphatic carbocycles. The highest BCUT2D eigenvalue weighted by Crippen LogP contribution is 2.46. The van der Waals surface area contributed by atoms with E-state index in [4.69, 9.17) is 10.3 Å². The maximum atomic E-state index is 14.5. The van der Waals surface area contributed by atoms with Crippen molar-refractivity contribution in [1.29, 1.82) is 0 Å². The van der Waals surface area contributed by atoms with Crippen LogP contribution in [-0.2, 0) is 11.3 Å². The molecule has 39 heavy (non-hydrogen) atoms. The van der Waals surface area contributed by atoms with Crippen molar-refractivity contribution in [1.82, 2.24) is 30.0 Å². The number of rotatable bonds is 8. The molecule has 202 valence electrons. The molecular weight excluding hydrogens is 507 g/mol. The summed E-state index contributed by atoms with van der Waals surface area (Å²) in [4.78, 5) is 26.8. The van der Waals surface area contributed by atoms with Crippen LogP contribution in [-0.4, -0.2) is 71.9 Å². The number of aliphatic hydroxyl groups is 1. The number of carbonyl (C=O) groups is 2. The molecule has 0 spiro atoms. The molecule has 1 aromatic carbocycles. The molecule has 0 bridgehead atoms. The minimum atomic E-state index is -1.31. The van der Waals surface area contributed by atoms with E-state index in [9.17, 15) is 19.1 Å². The highest BCUT2D eigenvalue weighted by molar-refractivity contribution is 6.05. The van der Waals surface area contributed by atoms with Gasteiger partial charge in [0.25, 0.3) is 5.91 Å². The second-order valence-electron chi connectivity index (χ2n) is 10.2. The van der Waals surface area contributed by atoms with Gasteiger partial charge in [-0.05, 0) is 36.1 Å². The number of fused-ring (bicyclic) bond motifs is 1. The van der Waals surface area contributed by atoms with Gasteiger partial charge < -0.3 is 25.6 Å². The van der Waals surface area contributed by atoms with Gasteiger partial charge in [0.1, 0.15) is 18.9 Å². The lowest BCUT2D eigenvalue weighted by Crippen LogP contribution is -2.47. The van der Waals surface area contributed by atoms with E-state index in [0.717, 1.165) is 23.2 Å². The minimum absolute atomic E-state index is 0.0100. The third kappa shape index (κ3) is 4.80. The van der Waals surface area contributed by atoms with Crippen molar-refractivity contribution in [2.24, 2.45) is 11.7 Å². The molecule has 2 amide bonds. The number of nitrogens with one attached hydrogen (secondary N) is 1. The summed E-state index contributed by atoms with van der Waals surface area (Å²) >= 11 is 0. The number of alkyl halides is 1. The Labute approximate surface area is 222 Å². The zero-order chi connectivity index (χ0) is 27.3. The van der Waals surface area contributed by atoms with Gasteiger partial charge in [-0.15, -0.1) is 0 Å². The third-order valence-corrected chi connectivity index (χ3v) is 7.47. The molecular formula is C26H27FN8O4. The Bertz CT molecular complexity index is 1540. The lowest BCUT2D eigenvalue weighted by Gasteiger charge is -2.28. The molecule has 1 aliphatic heterocycles. The van der Waals surface area contributed by atoms with E-state index < -0.39 is 30.3 Å². The molecule has 3 aromatic heterocycles. The van der Waals surface area contributed by atoms with Crippen molar-refractivity contribution >= 4 is 28.6 Å². The number of benzene rings is 1. The zero-order valence-electron chi connectivity index (χ0n) is 21.1. The van der Waals surface area contributed by atoms with Crippen LogP contribution in [0.3, 0.4) is 0 Å². The van der Waals surface area contributed by atoms with Gasteiger partial charge in [-0.2, -0.15) is 15.3 Å². The summed E-state index contributed by atoms with van der Waals surface area (Å²) in [5.41, 5.74) is 8.46. The number of nitrogens with zero attached hydrogens (tertiary/aromatic N) is 6. The third-order valence-electron chi connectivity index (χ3n) is 7.47. The summed E-state index contributed by atoms with van der Waals surface area (Å²) < 4.78 is 21.2. The molecule has 6 rings (SSSR count). The van der Waals surface area contributed by atoms with E-state index in [1.807, 2.05) is 6.07 Å². The van der Waals surface area contributed by atoms with Gasteiger partial charge in [0.2, 0.25) is 11.8 Å². The molecule has 0 radical (unpaired) electrons. The molecule has 1 saturated carbocycles. The van der Waals surface area contributed by atoms with Crippen molar-refractivity contribution in [2.75, 3.05) is 11.9 Å². The van der Waals surface area contributed by atoms with Gasteiger partial charge in [-0.25, -0.2) is 4.39 Å².